The second-order valence-corrected chi connectivity index (χ2v) is 5.36. The van der Waals surface area contributed by atoms with Gasteiger partial charge in [-0.05, 0) is 13.3 Å². The van der Waals surface area contributed by atoms with E-state index < -0.39 is 0 Å². The molecule has 0 aliphatic carbocycles. The van der Waals surface area contributed by atoms with E-state index in [0.717, 1.165) is 0 Å². The van der Waals surface area contributed by atoms with Crippen LogP contribution in [-0.4, -0.2) is 18.1 Å². The Morgan fingerprint density at radius 2 is 2.36 bits per heavy atom. The van der Waals surface area contributed by atoms with Crippen molar-refractivity contribution in [3.8, 4) is 0 Å². The zero-order valence-electron chi connectivity index (χ0n) is 8.97. The van der Waals surface area contributed by atoms with Gasteiger partial charge in [0.1, 0.15) is 0 Å². The topological polar surface area (TPSA) is 24.9 Å². The third-order valence-corrected chi connectivity index (χ3v) is 3.94. The van der Waals surface area contributed by atoms with Crippen molar-refractivity contribution in [3.05, 3.63) is 16.1 Å². The van der Waals surface area contributed by atoms with Crippen LogP contribution in [0.1, 0.15) is 30.5 Å². The van der Waals surface area contributed by atoms with Gasteiger partial charge in [0.15, 0.2) is 0 Å². The summed E-state index contributed by atoms with van der Waals surface area (Å²) in [5.41, 5.74) is 1.70. The molecule has 1 N–H and O–H groups in total. The molecule has 3 heteroatoms. The minimum absolute atomic E-state index is 0.527. The molecular weight excluding hydrogens is 192 g/mol. The van der Waals surface area contributed by atoms with Gasteiger partial charge >= 0.3 is 0 Å². The number of nitrogens with one attached hydrogen (secondary N) is 1. The summed E-state index contributed by atoms with van der Waals surface area (Å²) in [5.74, 6) is 0. The molecule has 0 saturated carbocycles. The average Bonchev–Trinajstić information content (AvgIpc) is 2.48. The van der Waals surface area contributed by atoms with Gasteiger partial charge in [-0.3, -0.25) is 0 Å². The number of aryl methyl sites for hydroxylation is 1. The summed E-state index contributed by atoms with van der Waals surface area (Å²) < 4.78 is 0. The van der Waals surface area contributed by atoms with Gasteiger partial charge in [0, 0.05) is 36.0 Å². The van der Waals surface area contributed by atoms with Crippen LogP contribution in [0.15, 0.2) is 5.38 Å². The molecule has 1 fully saturated rings. The van der Waals surface area contributed by atoms with Crippen LogP contribution in [0, 0.1) is 12.3 Å². The van der Waals surface area contributed by atoms with E-state index in [1.165, 1.54) is 43.1 Å². The quantitative estimate of drug-likeness (QED) is 0.825. The van der Waals surface area contributed by atoms with Gasteiger partial charge in [0.25, 0.3) is 0 Å². The molecule has 1 aliphatic rings. The first-order valence-electron chi connectivity index (χ1n) is 5.36. The molecule has 2 rings (SSSR count). The molecule has 0 spiro atoms. The van der Waals surface area contributed by atoms with Crippen LogP contribution < -0.4 is 5.32 Å². The molecule has 1 aromatic heterocycles. The lowest BCUT2D eigenvalue weighted by molar-refractivity contribution is 0.150. The van der Waals surface area contributed by atoms with E-state index in [-0.39, 0.29) is 0 Å². The Morgan fingerprint density at radius 1 is 1.57 bits per heavy atom. The van der Waals surface area contributed by atoms with E-state index in [2.05, 4.69) is 29.5 Å². The molecule has 14 heavy (non-hydrogen) atoms. The molecular formula is C11H18N2S. The molecule has 0 bridgehead atoms. The number of nitrogens with zero attached hydrogens (tertiary/aromatic N) is 1. The van der Waals surface area contributed by atoms with E-state index in [1.54, 1.807) is 0 Å². The Kier molecular flexibility index (Phi) is 2.88. The number of aromatic nitrogens is 1. The van der Waals surface area contributed by atoms with Crippen LogP contribution in [0.2, 0.25) is 0 Å². The van der Waals surface area contributed by atoms with Gasteiger partial charge in [-0.25, -0.2) is 4.98 Å². The van der Waals surface area contributed by atoms with Crippen LogP contribution in [0.25, 0.3) is 0 Å². The average molecular weight is 210 g/mol. The highest BCUT2D eigenvalue weighted by atomic mass is 32.1. The zero-order chi connectivity index (χ0) is 10.0. The Balaban J connectivity index is 2.01. The van der Waals surface area contributed by atoms with Crippen molar-refractivity contribution < 1.29 is 0 Å². The van der Waals surface area contributed by atoms with Gasteiger partial charge in [-0.1, -0.05) is 13.3 Å². The molecule has 1 aliphatic heterocycles. The summed E-state index contributed by atoms with van der Waals surface area (Å²) >= 11 is 1.81. The zero-order valence-corrected chi connectivity index (χ0v) is 9.78. The highest BCUT2D eigenvalue weighted by Gasteiger charge is 2.36. The van der Waals surface area contributed by atoms with Gasteiger partial charge in [0.2, 0.25) is 0 Å². The summed E-state index contributed by atoms with van der Waals surface area (Å²) in [6, 6.07) is 0. The molecule has 1 aromatic rings. The van der Waals surface area contributed by atoms with Crippen molar-refractivity contribution in [1.82, 2.24) is 10.3 Å². The molecule has 0 unspecified atom stereocenters. The largest absolute Gasteiger partial charge is 0.316 e. The van der Waals surface area contributed by atoms with Crippen LogP contribution >= 0.6 is 11.3 Å². The maximum absolute atomic E-state index is 4.55. The monoisotopic (exact) mass is 210 g/mol. The molecule has 0 aromatic carbocycles. The molecule has 0 amide bonds. The molecule has 78 valence electrons. The molecule has 2 heterocycles. The minimum atomic E-state index is 0.527. The molecule has 1 saturated heterocycles. The van der Waals surface area contributed by atoms with Gasteiger partial charge in [-0.15, -0.1) is 11.3 Å². The lowest BCUT2D eigenvalue weighted by atomic mass is 9.75. The van der Waals surface area contributed by atoms with E-state index in [4.69, 9.17) is 0 Å². The minimum Gasteiger partial charge on any atom is -0.316 e. The Morgan fingerprint density at radius 3 is 2.79 bits per heavy atom. The van der Waals surface area contributed by atoms with Crippen molar-refractivity contribution in [2.24, 2.45) is 5.41 Å². The predicted octanol–water partition coefficient (Wildman–Crippen LogP) is 2.38. The number of hydrogen-bond donors (Lipinski definition) is 1. The van der Waals surface area contributed by atoms with E-state index in [1.807, 2.05) is 11.3 Å². The molecule has 2 nitrogen and oxygen atoms in total. The summed E-state index contributed by atoms with van der Waals surface area (Å²) in [6.07, 6.45) is 3.79. The Labute approximate surface area is 89.8 Å². The van der Waals surface area contributed by atoms with Gasteiger partial charge < -0.3 is 5.32 Å². The maximum atomic E-state index is 4.55. The lowest BCUT2D eigenvalue weighted by Gasteiger charge is -2.42. The van der Waals surface area contributed by atoms with Crippen molar-refractivity contribution in [2.45, 2.75) is 33.1 Å². The highest BCUT2D eigenvalue weighted by molar-refractivity contribution is 7.09. The predicted molar refractivity (Wildman–Crippen MR) is 60.8 cm³/mol. The van der Waals surface area contributed by atoms with Crippen LogP contribution in [-0.2, 0) is 6.42 Å². The van der Waals surface area contributed by atoms with Crippen LogP contribution in [0.3, 0.4) is 0 Å². The van der Waals surface area contributed by atoms with Crippen molar-refractivity contribution in [2.75, 3.05) is 13.1 Å². The maximum Gasteiger partial charge on any atom is 0.0934 e. The highest BCUT2D eigenvalue weighted by Crippen LogP contribution is 2.33. The number of hydrogen-bond acceptors (Lipinski definition) is 3. The first-order chi connectivity index (χ1) is 6.74. The van der Waals surface area contributed by atoms with Crippen LogP contribution in [0.4, 0.5) is 0 Å². The molecule has 0 atom stereocenters. The smallest absolute Gasteiger partial charge is 0.0934 e. The molecule has 0 radical (unpaired) electrons. The first-order valence-corrected chi connectivity index (χ1v) is 6.24. The first kappa shape index (κ1) is 10.1. The third-order valence-electron chi connectivity index (χ3n) is 2.97. The van der Waals surface area contributed by atoms with E-state index in [0.29, 0.717) is 5.41 Å². The summed E-state index contributed by atoms with van der Waals surface area (Å²) in [7, 11) is 0. The van der Waals surface area contributed by atoms with E-state index >= 15 is 0 Å². The third kappa shape index (κ3) is 1.98. The SMILES string of the molecule is CCCC1(Cc2nc(C)cs2)CNC1. The van der Waals surface area contributed by atoms with Crippen molar-refractivity contribution in [1.29, 1.82) is 0 Å². The number of thiazole rings is 1. The normalized spacial score (nSPS) is 19.3. The summed E-state index contributed by atoms with van der Waals surface area (Å²) in [6.45, 7) is 6.71. The Bertz CT molecular complexity index is 302. The summed E-state index contributed by atoms with van der Waals surface area (Å²) in [5, 5.41) is 6.86. The van der Waals surface area contributed by atoms with Crippen LogP contribution in [0.5, 0.6) is 0 Å². The fraction of sp³-hybridized carbons (Fsp3) is 0.727. The van der Waals surface area contributed by atoms with Gasteiger partial charge in [-0.2, -0.15) is 0 Å². The van der Waals surface area contributed by atoms with Crippen molar-refractivity contribution in [3.63, 3.8) is 0 Å². The van der Waals surface area contributed by atoms with Crippen molar-refractivity contribution >= 4 is 11.3 Å². The fourth-order valence-electron chi connectivity index (χ4n) is 2.20. The van der Waals surface area contributed by atoms with E-state index in [9.17, 15) is 0 Å². The summed E-state index contributed by atoms with van der Waals surface area (Å²) in [4.78, 5) is 4.55. The second kappa shape index (κ2) is 3.99. The van der Waals surface area contributed by atoms with Gasteiger partial charge in [0.05, 0.1) is 5.01 Å². The standard InChI is InChI=1S/C11H18N2S/c1-3-4-11(7-12-8-11)5-10-13-9(2)6-14-10/h6,12H,3-5,7-8H2,1-2H3. The second-order valence-electron chi connectivity index (χ2n) is 4.41. The fourth-order valence-corrected chi connectivity index (χ4v) is 3.15. The Hall–Kier alpha value is -0.410. The number of rotatable bonds is 4. The lowest BCUT2D eigenvalue weighted by Crippen LogP contribution is -2.54.